The highest BCUT2D eigenvalue weighted by Crippen LogP contribution is 2.29. The number of halogens is 1. The average molecular weight is 311 g/mol. The molecule has 0 aromatic heterocycles. The number of rotatable bonds is 6. The Labute approximate surface area is 133 Å². The maximum Gasteiger partial charge on any atom is 0.0750 e. The standard InChI is InChI=1S/C17H27ClN2O/c1-4-19-13(3)16-9-8-14(11-17(16)18)20-10-6-7-15(12-20)21-5-2/h8-9,11,13,15,19H,4-7,10,12H2,1-3H3. The van der Waals surface area contributed by atoms with Crippen molar-refractivity contribution in [3.05, 3.63) is 28.8 Å². The summed E-state index contributed by atoms with van der Waals surface area (Å²) in [6.45, 7) is 10.1. The summed E-state index contributed by atoms with van der Waals surface area (Å²) in [5, 5.41) is 4.25. The SMILES string of the molecule is CCNC(C)c1ccc(N2CCCC(OCC)C2)cc1Cl. The van der Waals surface area contributed by atoms with Gasteiger partial charge >= 0.3 is 0 Å². The highest BCUT2D eigenvalue weighted by molar-refractivity contribution is 6.31. The highest BCUT2D eigenvalue weighted by Gasteiger charge is 2.21. The minimum atomic E-state index is 0.286. The van der Waals surface area contributed by atoms with E-state index in [-0.39, 0.29) is 6.04 Å². The number of hydrogen-bond donors (Lipinski definition) is 1. The van der Waals surface area contributed by atoms with Crippen LogP contribution in [0.4, 0.5) is 5.69 Å². The molecule has 21 heavy (non-hydrogen) atoms. The monoisotopic (exact) mass is 310 g/mol. The Kier molecular flexibility index (Phi) is 6.34. The van der Waals surface area contributed by atoms with Crippen LogP contribution < -0.4 is 10.2 Å². The summed E-state index contributed by atoms with van der Waals surface area (Å²) in [7, 11) is 0. The van der Waals surface area contributed by atoms with Crippen molar-refractivity contribution >= 4 is 17.3 Å². The van der Waals surface area contributed by atoms with E-state index in [1.807, 2.05) is 0 Å². The van der Waals surface area contributed by atoms with Crippen molar-refractivity contribution in [1.82, 2.24) is 5.32 Å². The molecule has 1 heterocycles. The lowest BCUT2D eigenvalue weighted by molar-refractivity contribution is 0.0527. The van der Waals surface area contributed by atoms with E-state index in [9.17, 15) is 0 Å². The van der Waals surface area contributed by atoms with Crippen molar-refractivity contribution < 1.29 is 4.74 Å². The van der Waals surface area contributed by atoms with Gasteiger partial charge < -0.3 is 15.0 Å². The lowest BCUT2D eigenvalue weighted by atomic mass is 10.0. The van der Waals surface area contributed by atoms with Gasteiger partial charge in [-0.2, -0.15) is 0 Å². The summed E-state index contributed by atoms with van der Waals surface area (Å²) in [6, 6.07) is 6.71. The number of nitrogens with one attached hydrogen (secondary N) is 1. The lowest BCUT2D eigenvalue weighted by Crippen LogP contribution is -2.39. The van der Waals surface area contributed by atoms with E-state index in [1.165, 1.54) is 17.7 Å². The van der Waals surface area contributed by atoms with Crippen molar-refractivity contribution in [1.29, 1.82) is 0 Å². The molecule has 1 aromatic carbocycles. The predicted molar refractivity (Wildman–Crippen MR) is 90.4 cm³/mol. The Morgan fingerprint density at radius 3 is 2.90 bits per heavy atom. The molecule has 4 heteroatoms. The molecule has 1 aliphatic rings. The van der Waals surface area contributed by atoms with E-state index in [4.69, 9.17) is 16.3 Å². The normalized spacial score (nSPS) is 20.6. The molecule has 1 saturated heterocycles. The molecule has 2 atom stereocenters. The van der Waals surface area contributed by atoms with Crippen molar-refractivity contribution in [2.45, 2.75) is 45.8 Å². The second-order valence-corrected chi connectivity index (χ2v) is 6.06. The van der Waals surface area contributed by atoms with E-state index in [0.29, 0.717) is 6.10 Å². The number of anilines is 1. The quantitative estimate of drug-likeness (QED) is 0.859. The Balaban J connectivity index is 2.08. The molecule has 0 amide bonds. The van der Waals surface area contributed by atoms with Gasteiger partial charge in [-0.1, -0.05) is 24.6 Å². The molecule has 2 rings (SSSR count). The summed E-state index contributed by atoms with van der Waals surface area (Å²) in [5.74, 6) is 0. The summed E-state index contributed by atoms with van der Waals surface area (Å²) in [4.78, 5) is 2.39. The van der Waals surface area contributed by atoms with Crippen LogP contribution in [0.5, 0.6) is 0 Å². The molecule has 1 N–H and O–H groups in total. The van der Waals surface area contributed by atoms with Crippen molar-refractivity contribution in [2.75, 3.05) is 31.1 Å². The molecule has 0 saturated carbocycles. The first-order valence-electron chi connectivity index (χ1n) is 8.05. The largest absolute Gasteiger partial charge is 0.377 e. The minimum absolute atomic E-state index is 0.286. The first kappa shape index (κ1) is 16.6. The van der Waals surface area contributed by atoms with Crippen LogP contribution in [0.1, 0.15) is 45.2 Å². The number of nitrogens with zero attached hydrogens (tertiary/aromatic N) is 1. The molecule has 118 valence electrons. The zero-order valence-electron chi connectivity index (χ0n) is 13.4. The first-order chi connectivity index (χ1) is 10.2. The number of piperidine rings is 1. The van der Waals surface area contributed by atoms with Crippen LogP contribution in [0.3, 0.4) is 0 Å². The second-order valence-electron chi connectivity index (χ2n) is 5.65. The molecular weight excluding hydrogens is 284 g/mol. The molecule has 3 nitrogen and oxygen atoms in total. The second kappa shape index (κ2) is 8.02. The van der Waals surface area contributed by atoms with Gasteiger partial charge in [-0.3, -0.25) is 0 Å². The van der Waals surface area contributed by atoms with Crippen molar-refractivity contribution in [3.63, 3.8) is 0 Å². The van der Waals surface area contributed by atoms with Crippen molar-refractivity contribution in [2.24, 2.45) is 0 Å². The van der Waals surface area contributed by atoms with Gasteiger partial charge in [0.05, 0.1) is 6.10 Å². The lowest BCUT2D eigenvalue weighted by Gasteiger charge is -2.34. The predicted octanol–water partition coefficient (Wildman–Crippen LogP) is 4.02. The Bertz CT molecular complexity index is 450. The molecule has 0 radical (unpaired) electrons. The van der Waals surface area contributed by atoms with E-state index >= 15 is 0 Å². The average Bonchev–Trinajstić information content (AvgIpc) is 2.48. The van der Waals surface area contributed by atoms with Gasteiger partial charge in [-0.15, -0.1) is 0 Å². The fraction of sp³-hybridized carbons (Fsp3) is 0.647. The zero-order chi connectivity index (χ0) is 15.2. The highest BCUT2D eigenvalue weighted by atomic mass is 35.5. The topological polar surface area (TPSA) is 24.5 Å². The molecule has 2 unspecified atom stereocenters. The van der Waals surface area contributed by atoms with Crippen LogP contribution in [0.2, 0.25) is 5.02 Å². The van der Waals surface area contributed by atoms with Gasteiger partial charge in [-0.05, 0) is 50.9 Å². The third-order valence-electron chi connectivity index (χ3n) is 4.11. The fourth-order valence-electron chi connectivity index (χ4n) is 3.02. The third-order valence-corrected chi connectivity index (χ3v) is 4.43. The Morgan fingerprint density at radius 2 is 2.24 bits per heavy atom. The van der Waals surface area contributed by atoms with Gasteiger partial charge in [0.25, 0.3) is 0 Å². The van der Waals surface area contributed by atoms with Gasteiger partial charge in [-0.25, -0.2) is 0 Å². The maximum atomic E-state index is 6.48. The smallest absolute Gasteiger partial charge is 0.0750 e. The van der Waals surface area contributed by atoms with Crippen LogP contribution in [-0.2, 0) is 4.74 Å². The van der Waals surface area contributed by atoms with Crippen LogP contribution in [0.15, 0.2) is 18.2 Å². The van der Waals surface area contributed by atoms with E-state index in [1.54, 1.807) is 0 Å². The Morgan fingerprint density at radius 1 is 1.43 bits per heavy atom. The molecule has 1 fully saturated rings. The van der Waals surface area contributed by atoms with E-state index < -0.39 is 0 Å². The molecular formula is C17H27ClN2O. The summed E-state index contributed by atoms with van der Waals surface area (Å²) in [5.41, 5.74) is 2.37. The number of ether oxygens (including phenoxy) is 1. The number of benzene rings is 1. The summed E-state index contributed by atoms with van der Waals surface area (Å²) >= 11 is 6.48. The van der Waals surface area contributed by atoms with Gasteiger partial charge in [0.15, 0.2) is 0 Å². The van der Waals surface area contributed by atoms with E-state index in [2.05, 4.69) is 49.2 Å². The third kappa shape index (κ3) is 4.35. The van der Waals surface area contributed by atoms with Crippen LogP contribution in [0.25, 0.3) is 0 Å². The summed E-state index contributed by atoms with van der Waals surface area (Å²) in [6.07, 6.45) is 2.69. The van der Waals surface area contributed by atoms with Crippen LogP contribution in [0, 0.1) is 0 Å². The summed E-state index contributed by atoms with van der Waals surface area (Å²) < 4.78 is 5.77. The Hall–Kier alpha value is -0.770. The van der Waals surface area contributed by atoms with Gasteiger partial charge in [0.2, 0.25) is 0 Å². The minimum Gasteiger partial charge on any atom is -0.377 e. The fourth-order valence-corrected chi connectivity index (χ4v) is 3.36. The van der Waals surface area contributed by atoms with Crippen molar-refractivity contribution in [3.8, 4) is 0 Å². The molecule has 1 aliphatic heterocycles. The zero-order valence-corrected chi connectivity index (χ0v) is 14.1. The van der Waals surface area contributed by atoms with Crippen LogP contribution in [-0.4, -0.2) is 32.3 Å². The van der Waals surface area contributed by atoms with Gasteiger partial charge in [0, 0.05) is 36.4 Å². The molecule has 0 bridgehead atoms. The van der Waals surface area contributed by atoms with Crippen LogP contribution >= 0.6 is 11.6 Å². The van der Waals surface area contributed by atoms with Gasteiger partial charge in [0.1, 0.15) is 0 Å². The van der Waals surface area contributed by atoms with E-state index in [0.717, 1.165) is 37.7 Å². The molecule has 0 aliphatic carbocycles. The maximum absolute atomic E-state index is 6.48. The molecule has 1 aromatic rings. The number of hydrogen-bond acceptors (Lipinski definition) is 3. The molecule has 0 spiro atoms. The first-order valence-corrected chi connectivity index (χ1v) is 8.42.